The average Bonchev–Trinajstić information content (AvgIpc) is 3.23. The van der Waals surface area contributed by atoms with E-state index in [1.165, 1.54) is 30.3 Å². The molecular formula is C21H17F2N5O3. The number of hydrogen-bond acceptors (Lipinski definition) is 6. The fourth-order valence-electron chi connectivity index (χ4n) is 2.94. The Labute approximate surface area is 175 Å². The molecule has 8 nitrogen and oxygen atoms in total. The zero-order valence-electron chi connectivity index (χ0n) is 16.4. The molecule has 0 saturated heterocycles. The molecule has 1 N–H and O–H groups in total. The monoisotopic (exact) mass is 425 g/mol. The second-order valence-electron chi connectivity index (χ2n) is 6.94. The van der Waals surface area contributed by atoms with E-state index in [0.717, 1.165) is 5.01 Å². The van der Waals surface area contributed by atoms with E-state index >= 15 is 0 Å². The van der Waals surface area contributed by atoms with Crippen LogP contribution in [-0.4, -0.2) is 39.2 Å². The van der Waals surface area contributed by atoms with Gasteiger partial charge in [0, 0.05) is 24.1 Å². The summed E-state index contributed by atoms with van der Waals surface area (Å²) in [7, 11) is 0. The van der Waals surface area contributed by atoms with Crippen molar-refractivity contribution in [3.05, 3.63) is 65.6 Å². The molecule has 10 heteroatoms. The van der Waals surface area contributed by atoms with Gasteiger partial charge in [-0.3, -0.25) is 9.59 Å². The zero-order chi connectivity index (χ0) is 22.0. The summed E-state index contributed by atoms with van der Waals surface area (Å²) in [6, 6.07) is 9.90. The van der Waals surface area contributed by atoms with Gasteiger partial charge in [-0.2, -0.15) is 10.1 Å². The largest absolute Gasteiger partial charge is 0.332 e. The molecule has 1 aliphatic rings. The summed E-state index contributed by atoms with van der Waals surface area (Å²) in [5.41, 5.74) is 1.65. The van der Waals surface area contributed by atoms with Gasteiger partial charge in [-0.05, 0) is 48.9 Å². The Balaban J connectivity index is 1.47. The minimum Gasteiger partial charge on any atom is -0.332 e. The predicted octanol–water partition coefficient (Wildman–Crippen LogP) is 3.29. The van der Waals surface area contributed by atoms with Crippen LogP contribution in [0.4, 0.5) is 14.5 Å². The SMILES string of the molecule is Cc1ccc(NC(=O)CN2N=C(c3nc(-c4ccc(F)cc4)no3)CCC2=O)cc1F. The molecule has 2 amide bonds. The van der Waals surface area contributed by atoms with Crippen molar-refractivity contribution in [2.45, 2.75) is 19.8 Å². The number of halogens is 2. The summed E-state index contributed by atoms with van der Waals surface area (Å²) >= 11 is 0. The van der Waals surface area contributed by atoms with Crippen molar-refractivity contribution in [2.24, 2.45) is 5.10 Å². The maximum atomic E-state index is 13.7. The molecular weight excluding hydrogens is 408 g/mol. The van der Waals surface area contributed by atoms with Crippen LogP contribution in [0, 0.1) is 18.6 Å². The molecule has 1 aromatic heterocycles. The molecule has 0 atom stereocenters. The minimum absolute atomic E-state index is 0.109. The fourth-order valence-corrected chi connectivity index (χ4v) is 2.94. The third kappa shape index (κ3) is 4.63. The number of carbonyl (C=O) groups excluding carboxylic acids is 2. The third-order valence-electron chi connectivity index (χ3n) is 4.63. The van der Waals surface area contributed by atoms with Crippen LogP contribution < -0.4 is 5.32 Å². The van der Waals surface area contributed by atoms with Crippen LogP contribution in [0.15, 0.2) is 52.1 Å². The van der Waals surface area contributed by atoms with E-state index < -0.39 is 11.7 Å². The Hall–Kier alpha value is -3.95. The topological polar surface area (TPSA) is 101 Å². The highest BCUT2D eigenvalue weighted by Gasteiger charge is 2.26. The number of hydrazone groups is 1. The van der Waals surface area contributed by atoms with E-state index in [-0.39, 0.29) is 48.5 Å². The normalized spacial score (nSPS) is 13.8. The summed E-state index contributed by atoms with van der Waals surface area (Å²) < 4.78 is 32.0. The summed E-state index contributed by atoms with van der Waals surface area (Å²) in [6.45, 7) is 1.26. The van der Waals surface area contributed by atoms with Gasteiger partial charge >= 0.3 is 0 Å². The maximum absolute atomic E-state index is 13.7. The number of hydrogen-bond donors (Lipinski definition) is 1. The number of nitrogens with zero attached hydrogens (tertiary/aromatic N) is 4. The van der Waals surface area contributed by atoms with Gasteiger partial charge in [0.1, 0.15) is 23.9 Å². The quantitative estimate of drug-likeness (QED) is 0.676. The molecule has 3 aromatic rings. The van der Waals surface area contributed by atoms with Crippen molar-refractivity contribution in [3.8, 4) is 11.4 Å². The lowest BCUT2D eigenvalue weighted by molar-refractivity contribution is -0.135. The highest BCUT2D eigenvalue weighted by atomic mass is 19.1. The summed E-state index contributed by atoms with van der Waals surface area (Å²) in [5.74, 6) is -1.34. The summed E-state index contributed by atoms with van der Waals surface area (Å²) in [6.07, 6.45) is 0.380. The number of amides is 2. The molecule has 0 unspecified atom stereocenters. The number of benzene rings is 2. The first kappa shape index (κ1) is 20.3. The van der Waals surface area contributed by atoms with Gasteiger partial charge in [0.2, 0.25) is 17.6 Å². The minimum atomic E-state index is -0.529. The van der Waals surface area contributed by atoms with Crippen molar-refractivity contribution in [2.75, 3.05) is 11.9 Å². The van der Waals surface area contributed by atoms with Crippen molar-refractivity contribution >= 4 is 23.2 Å². The lowest BCUT2D eigenvalue weighted by Crippen LogP contribution is -2.38. The lowest BCUT2D eigenvalue weighted by Gasteiger charge is -2.21. The first-order chi connectivity index (χ1) is 14.9. The van der Waals surface area contributed by atoms with Crippen LogP contribution in [0.25, 0.3) is 11.4 Å². The summed E-state index contributed by atoms with van der Waals surface area (Å²) in [4.78, 5) is 28.7. The summed E-state index contributed by atoms with van der Waals surface area (Å²) in [5, 5.41) is 11.6. The van der Waals surface area contributed by atoms with Crippen molar-refractivity contribution in [3.63, 3.8) is 0 Å². The standard InChI is InChI=1S/C21H17F2N5O3/c1-12-2-7-15(10-16(12)23)24-18(29)11-28-19(30)9-8-17(26-28)21-25-20(27-31-21)13-3-5-14(22)6-4-13/h2-7,10H,8-9,11H2,1H3,(H,24,29). The number of aryl methyl sites for hydroxylation is 1. The van der Waals surface area contributed by atoms with Crippen molar-refractivity contribution in [1.29, 1.82) is 0 Å². The Morgan fingerprint density at radius 3 is 2.68 bits per heavy atom. The van der Waals surface area contributed by atoms with E-state index in [2.05, 4.69) is 20.6 Å². The molecule has 4 rings (SSSR count). The average molecular weight is 425 g/mol. The first-order valence-corrected chi connectivity index (χ1v) is 9.43. The molecule has 0 bridgehead atoms. The number of rotatable bonds is 5. The van der Waals surface area contributed by atoms with Gasteiger partial charge < -0.3 is 9.84 Å². The number of aromatic nitrogens is 2. The molecule has 0 radical (unpaired) electrons. The third-order valence-corrected chi connectivity index (χ3v) is 4.63. The molecule has 0 spiro atoms. The highest BCUT2D eigenvalue weighted by molar-refractivity contribution is 6.02. The second kappa shape index (κ2) is 8.42. The van der Waals surface area contributed by atoms with Crippen LogP contribution in [0.2, 0.25) is 0 Å². The Bertz CT molecular complexity index is 1170. The van der Waals surface area contributed by atoms with Crippen LogP contribution >= 0.6 is 0 Å². The molecule has 158 valence electrons. The van der Waals surface area contributed by atoms with E-state index in [0.29, 0.717) is 16.8 Å². The Morgan fingerprint density at radius 2 is 1.94 bits per heavy atom. The van der Waals surface area contributed by atoms with Gasteiger partial charge in [-0.25, -0.2) is 13.8 Å². The molecule has 0 aliphatic carbocycles. The molecule has 31 heavy (non-hydrogen) atoms. The highest BCUT2D eigenvalue weighted by Crippen LogP contribution is 2.20. The number of nitrogens with one attached hydrogen (secondary N) is 1. The van der Waals surface area contributed by atoms with Crippen LogP contribution in [0.3, 0.4) is 0 Å². The smallest absolute Gasteiger partial charge is 0.274 e. The second-order valence-corrected chi connectivity index (χ2v) is 6.94. The van der Waals surface area contributed by atoms with E-state index in [4.69, 9.17) is 4.52 Å². The van der Waals surface area contributed by atoms with Crippen molar-refractivity contribution < 1.29 is 22.9 Å². The van der Waals surface area contributed by atoms with E-state index in [9.17, 15) is 18.4 Å². The molecule has 2 heterocycles. The van der Waals surface area contributed by atoms with Gasteiger partial charge in [0.25, 0.3) is 5.89 Å². The number of anilines is 1. The van der Waals surface area contributed by atoms with Crippen LogP contribution in [0.1, 0.15) is 24.3 Å². The Kier molecular flexibility index (Phi) is 5.52. The fraction of sp³-hybridized carbons (Fsp3) is 0.190. The zero-order valence-corrected chi connectivity index (χ0v) is 16.4. The molecule has 2 aromatic carbocycles. The molecule has 0 saturated carbocycles. The van der Waals surface area contributed by atoms with Gasteiger partial charge in [0.15, 0.2) is 0 Å². The van der Waals surface area contributed by atoms with Gasteiger partial charge in [-0.1, -0.05) is 11.2 Å². The van der Waals surface area contributed by atoms with Gasteiger partial charge in [0.05, 0.1) is 0 Å². The van der Waals surface area contributed by atoms with E-state index in [1.54, 1.807) is 19.1 Å². The number of carbonyl (C=O) groups is 2. The van der Waals surface area contributed by atoms with E-state index in [1.807, 2.05) is 0 Å². The predicted molar refractivity (Wildman–Crippen MR) is 107 cm³/mol. The van der Waals surface area contributed by atoms with Crippen molar-refractivity contribution in [1.82, 2.24) is 15.1 Å². The molecule has 1 aliphatic heterocycles. The lowest BCUT2D eigenvalue weighted by atomic mass is 10.1. The van der Waals surface area contributed by atoms with Gasteiger partial charge in [-0.15, -0.1) is 0 Å². The van der Waals surface area contributed by atoms with Crippen LogP contribution in [0.5, 0.6) is 0 Å². The molecule has 0 fully saturated rings. The van der Waals surface area contributed by atoms with Crippen LogP contribution in [-0.2, 0) is 9.59 Å². The first-order valence-electron chi connectivity index (χ1n) is 9.43. The Morgan fingerprint density at radius 1 is 1.16 bits per heavy atom. The maximum Gasteiger partial charge on any atom is 0.274 e.